The van der Waals surface area contributed by atoms with Crippen LogP contribution in [0.25, 0.3) is 0 Å². The van der Waals surface area contributed by atoms with Gasteiger partial charge >= 0.3 is 17.9 Å². The molecular weight excluding hydrogens is 422 g/mol. The van der Waals surface area contributed by atoms with Crippen molar-refractivity contribution < 1.29 is 48.9 Å². The van der Waals surface area contributed by atoms with E-state index in [-0.39, 0.29) is 19.3 Å². The Hall–Kier alpha value is -3.75. The molecule has 0 rings (SSSR count). The van der Waals surface area contributed by atoms with Crippen LogP contribution in [0.1, 0.15) is 32.1 Å². The number of amides is 4. The predicted molar refractivity (Wildman–Crippen MR) is 100 cm³/mol. The highest BCUT2D eigenvalue weighted by Crippen LogP contribution is 2.01. The molecule has 0 saturated carbocycles. The van der Waals surface area contributed by atoms with Crippen molar-refractivity contribution in [2.75, 3.05) is 6.54 Å². The van der Waals surface area contributed by atoms with E-state index in [1.165, 1.54) is 0 Å². The van der Waals surface area contributed by atoms with E-state index >= 15 is 0 Å². The molecule has 174 valence electrons. The standard InChI is InChI=1S/C16H25N5O10/c17-7(1-3-10(18)22)14(28)21-8(2-4-12(24)25)15(29)19-6-11(23)20-9(16(30)31)5-13(26)27/h7-9H,1-6,17H2,(H2,18,22)(H,19,29)(H,20,23)(H,21,28)(H,24,25)(H,26,27)(H,30,31). The summed E-state index contributed by atoms with van der Waals surface area (Å²) in [5, 5.41) is 32.5. The summed E-state index contributed by atoms with van der Waals surface area (Å²) in [6.07, 6.45) is -2.07. The van der Waals surface area contributed by atoms with Crippen LogP contribution in [0.3, 0.4) is 0 Å². The average molecular weight is 447 g/mol. The SMILES string of the molecule is NC(=O)CCC(N)C(=O)NC(CCC(=O)O)C(=O)NCC(=O)NC(CC(=O)O)C(=O)O. The van der Waals surface area contributed by atoms with Gasteiger partial charge in [-0.1, -0.05) is 0 Å². The first-order valence-electron chi connectivity index (χ1n) is 8.91. The van der Waals surface area contributed by atoms with E-state index in [0.717, 1.165) is 0 Å². The zero-order valence-corrected chi connectivity index (χ0v) is 16.3. The largest absolute Gasteiger partial charge is 0.481 e. The molecule has 0 fully saturated rings. The second-order valence-corrected chi connectivity index (χ2v) is 6.38. The number of carbonyl (C=O) groups is 7. The highest BCUT2D eigenvalue weighted by Gasteiger charge is 2.26. The molecule has 31 heavy (non-hydrogen) atoms. The van der Waals surface area contributed by atoms with Crippen LogP contribution < -0.4 is 27.4 Å². The van der Waals surface area contributed by atoms with Gasteiger partial charge in [-0.3, -0.25) is 28.8 Å². The van der Waals surface area contributed by atoms with E-state index in [0.29, 0.717) is 0 Å². The number of rotatable bonds is 15. The van der Waals surface area contributed by atoms with Crippen LogP contribution in [0.4, 0.5) is 0 Å². The third-order valence-corrected chi connectivity index (χ3v) is 3.75. The number of primary amides is 1. The molecule has 3 atom stereocenters. The van der Waals surface area contributed by atoms with Gasteiger partial charge < -0.3 is 42.7 Å². The third kappa shape index (κ3) is 12.4. The molecule has 0 heterocycles. The lowest BCUT2D eigenvalue weighted by Crippen LogP contribution is -2.53. The molecule has 15 heteroatoms. The van der Waals surface area contributed by atoms with Crippen molar-refractivity contribution in [2.24, 2.45) is 11.5 Å². The number of hydrogen-bond donors (Lipinski definition) is 8. The Morgan fingerprint density at radius 3 is 1.87 bits per heavy atom. The Balaban J connectivity index is 4.93. The molecule has 3 unspecified atom stereocenters. The Morgan fingerprint density at radius 2 is 1.39 bits per heavy atom. The highest BCUT2D eigenvalue weighted by molar-refractivity contribution is 5.93. The topological polar surface area (TPSA) is 268 Å². The molecular formula is C16H25N5O10. The summed E-state index contributed by atoms with van der Waals surface area (Å²) >= 11 is 0. The van der Waals surface area contributed by atoms with Gasteiger partial charge in [0.2, 0.25) is 23.6 Å². The lowest BCUT2D eigenvalue weighted by molar-refractivity contribution is -0.147. The smallest absolute Gasteiger partial charge is 0.326 e. The van der Waals surface area contributed by atoms with Gasteiger partial charge in [-0.05, 0) is 12.8 Å². The predicted octanol–water partition coefficient (Wildman–Crippen LogP) is -3.91. The normalized spacial score (nSPS) is 13.2. The first-order chi connectivity index (χ1) is 14.3. The van der Waals surface area contributed by atoms with E-state index in [9.17, 15) is 33.6 Å². The van der Waals surface area contributed by atoms with Crippen molar-refractivity contribution in [3.8, 4) is 0 Å². The molecule has 0 aliphatic carbocycles. The molecule has 0 aromatic carbocycles. The summed E-state index contributed by atoms with van der Waals surface area (Å²) in [6.45, 7) is -0.768. The third-order valence-electron chi connectivity index (χ3n) is 3.75. The van der Waals surface area contributed by atoms with Crippen molar-refractivity contribution in [3.63, 3.8) is 0 Å². The Morgan fingerprint density at radius 1 is 0.774 bits per heavy atom. The van der Waals surface area contributed by atoms with Gasteiger partial charge in [0.15, 0.2) is 0 Å². The molecule has 0 aliphatic heterocycles. The average Bonchev–Trinajstić information content (AvgIpc) is 2.65. The second-order valence-electron chi connectivity index (χ2n) is 6.38. The van der Waals surface area contributed by atoms with E-state index in [1.807, 2.05) is 5.32 Å². The van der Waals surface area contributed by atoms with Gasteiger partial charge in [-0.2, -0.15) is 0 Å². The van der Waals surface area contributed by atoms with Crippen LogP contribution >= 0.6 is 0 Å². The Bertz CT molecular complexity index is 726. The Labute approximate surface area is 175 Å². The van der Waals surface area contributed by atoms with E-state index in [1.54, 1.807) is 0 Å². The van der Waals surface area contributed by atoms with Gasteiger partial charge in [0.25, 0.3) is 0 Å². The maximum absolute atomic E-state index is 12.3. The van der Waals surface area contributed by atoms with E-state index < -0.39 is 79.0 Å². The lowest BCUT2D eigenvalue weighted by Gasteiger charge is -2.20. The molecule has 0 aliphatic rings. The van der Waals surface area contributed by atoms with Crippen molar-refractivity contribution in [3.05, 3.63) is 0 Å². The molecule has 0 radical (unpaired) electrons. The number of nitrogens with one attached hydrogen (secondary N) is 3. The molecule has 4 amide bonds. The fourth-order valence-corrected chi connectivity index (χ4v) is 2.15. The van der Waals surface area contributed by atoms with Gasteiger partial charge in [0.1, 0.15) is 12.1 Å². The lowest BCUT2D eigenvalue weighted by atomic mass is 10.1. The number of aliphatic carboxylic acids is 3. The molecule has 15 nitrogen and oxygen atoms in total. The minimum atomic E-state index is -1.73. The fourth-order valence-electron chi connectivity index (χ4n) is 2.15. The number of hydrogen-bond acceptors (Lipinski definition) is 8. The number of carboxylic acids is 3. The van der Waals surface area contributed by atoms with E-state index in [2.05, 4.69) is 10.6 Å². The summed E-state index contributed by atoms with van der Waals surface area (Å²) < 4.78 is 0. The van der Waals surface area contributed by atoms with E-state index in [4.69, 9.17) is 26.8 Å². The summed E-state index contributed by atoms with van der Waals surface area (Å²) in [5.74, 6) is -7.87. The maximum Gasteiger partial charge on any atom is 0.326 e. The quantitative estimate of drug-likeness (QED) is 0.120. The van der Waals surface area contributed by atoms with Crippen molar-refractivity contribution in [1.82, 2.24) is 16.0 Å². The van der Waals surface area contributed by atoms with Gasteiger partial charge in [-0.25, -0.2) is 4.79 Å². The molecule has 0 saturated heterocycles. The molecule has 0 spiro atoms. The van der Waals surface area contributed by atoms with Crippen LogP contribution in [0, 0.1) is 0 Å². The van der Waals surface area contributed by atoms with Crippen LogP contribution in [-0.4, -0.2) is 81.5 Å². The minimum absolute atomic E-state index is 0.114. The first-order valence-corrected chi connectivity index (χ1v) is 8.91. The van der Waals surface area contributed by atoms with Crippen molar-refractivity contribution in [1.29, 1.82) is 0 Å². The zero-order chi connectivity index (χ0) is 24.1. The Kier molecular flexibility index (Phi) is 11.8. The van der Waals surface area contributed by atoms with Crippen molar-refractivity contribution >= 4 is 41.5 Å². The number of nitrogens with two attached hydrogens (primary N) is 2. The number of carboxylic acid groups (broad SMARTS) is 3. The van der Waals surface area contributed by atoms with Crippen LogP contribution in [0.15, 0.2) is 0 Å². The monoisotopic (exact) mass is 447 g/mol. The maximum atomic E-state index is 12.3. The van der Waals surface area contributed by atoms with Gasteiger partial charge in [0, 0.05) is 12.8 Å². The van der Waals surface area contributed by atoms with Gasteiger partial charge in [-0.15, -0.1) is 0 Å². The van der Waals surface area contributed by atoms with Crippen LogP contribution in [-0.2, 0) is 33.6 Å². The van der Waals surface area contributed by atoms with Crippen LogP contribution in [0.2, 0.25) is 0 Å². The first kappa shape index (κ1) is 27.2. The molecule has 0 bridgehead atoms. The summed E-state index contributed by atoms with van der Waals surface area (Å²) in [5.41, 5.74) is 10.5. The molecule has 0 aromatic rings. The molecule has 0 aromatic heterocycles. The highest BCUT2D eigenvalue weighted by atomic mass is 16.4. The second kappa shape index (κ2) is 13.5. The zero-order valence-electron chi connectivity index (χ0n) is 16.3. The van der Waals surface area contributed by atoms with Gasteiger partial charge in [0.05, 0.1) is 19.0 Å². The molecule has 10 N–H and O–H groups in total. The number of carbonyl (C=O) groups excluding carboxylic acids is 4. The van der Waals surface area contributed by atoms with Crippen LogP contribution in [0.5, 0.6) is 0 Å². The van der Waals surface area contributed by atoms with Crippen molar-refractivity contribution in [2.45, 2.75) is 50.2 Å². The summed E-state index contributed by atoms with van der Waals surface area (Å²) in [7, 11) is 0. The summed E-state index contributed by atoms with van der Waals surface area (Å²) in [4.78, 5) is 79.2. The fraction of sp³-hybridized carbons (Fsp3) is 0.562. The summed E-state index contributed by atoms with van der Waals surface area (Å²) in [6, 6.07) is -4.33. The minimum Gasteiger partial charge on any atom is -0.481 e.